The van der Waals surface area contributed by atoms with E-state index < -0.39 is 5.97 Å². The number of aromatic nitrogens is 3. The molecule has 0 radical (unpaired) electrons. The molecule has 0 aliphatic rings. The highest BCUT2D eigenvalue weighted by atomic mass is 16.4. The molecule has 0 saturated heterocycles. The molecule has 14 heavy (non-hydrogen) atoms. The first kappa shape index (κ1) is 8.19. The highest BCUT2D eigenvalue weighted by Gasteiger charge is 2.10. The minimum Gasteiger partial charge on any atom is -0.477 e. The summed E-state index contributed by atoms with van der Waals surface area (Å²) < 4.78 is 1.26. The number of aromatic carboxylic acids is 1. The number of hydrogen-bond acceptors (Lipinski definition) is 4. The van der Waals surface area contributed by atoms with Crippen molar-refractivity contribution in [3.8, 4) is 6.07 Å². The molecule has 0 aliphatic heterocycles. The Bertz CT molecular complexity index is 552. The number of carboxylic acids is 1. The lowest BCUT2D eigenvalue weighted by molar-refractivity contribution is 0.0689. The lowest BCUT2D eigenvalue weighted by Gasteiger charge is -1.95. The first-order valence-electron chi connectivity index (χ1n) is 3.69. The molecular formula is C8H4N4O2. The zero-order valence-corrected chi connectivity index (χ0v) is 6.88. The van der Waals surface area contributed by atoms with Gasteiger partial charge in [-0.2, -0.15) is 5.26 Å². The number of carboxylic acid groups (broad SMARTS) is 1. The summed E-state index contributed by atoms with van der Waals surface area (Å²) in [6.45, 7) is 0. The van der Waals surface area contributed by atoms with Gasteiger partial charge in [-0.05, 0) is 0 Å². The minimum absolute atomic E-state index is 0.00963. The maximum Gasteiger partial charge on any atom is 0.354 e. The molecule has 68 valence electrons. The van der Waals surface area contributed by atoms with E-state index in [0.717, 1.165) is 0 Å². The quantitative estimate of drug-likeness (QED) is 0.694. The van der Waals surface area contributed by atoms with Crippen LogP contribution in [0, 0.1) is 11.3 Å². The SMILES string of the molecule is N#Cc1cnc2ncc(C(=O)O)n2c1. The number of imidazole rings is 1. The topological polar surface area (TPSA) is 91.3 Å². The van der Waals surface area contributed by atoms with Gasteiger partial charge >= 0.3 is 5.97 Å². The first-order chi connectivity index (χ1) is 6.72. The Labute approximate surface area is 78.1 Å². The monoisotopic (exact) mass is 188 g/mol. The van der Waals surface area contributed by atoms with E-state index in [1.165, 1.54) is 23.0 Å². The van der Waals surface area contributed by atoms with Crippen LogP contribution in [0.2, 0.25) is 0 Å². The van der Waals surface area contributed by atoms with E-state index in [-0.39, 0.29) is 17.0 Å². The van der Waals surface area contributed by atoms with Crippen molar-refractivity contribution in [3.05, 3.63) is 29.8 Å². The predicted molar refractivity (Wildman–Crippen MR) is 44.7 cm³/mol. The van der Waals surface area contributed by atoms with Crippen LogP contribution in [0.1, 0.15) is 16.1 Å². The molecule has 0 atom stereocenters. The summed E-state index contributed by atoms with van der Waals surface area (Å²) in [6, 6.07) is 1.87. The molecule has 2 heterocycles. The van der Waals surface area contributed by atoms with E-state index in [2.05, 4.69) is 9.97 Å². The number of fused-ring (bicyclic) bond motifs is 1. The van der Waals surface area contributed by atoms with Gasteiger partial charge in [-0.3, -0.25) is 4.40 Å². The summed E-state index contributed by atoms with van der Waals surface area (Å²) in [4.78, 5) is 18.3. The molecule has 0 bridgehead atoms. The maximum atomic E-state index is 10.7. The Morgan fingerprint density at radius 3 is 2.86 bits per heavy atom. The van der Waals surface area contributed by atoms with Gasteiger partial charge in [0.15, 0.2) is 5.69 Å². The number of nitriles is 1. The number of carbonyl (C=O) groups is 1. The average Bonchev–Trinajstić information content (AvgIpc) is 2.59. The second-order valence-electron chi connectivity index (χ2n) is 2.57. The standard InChI is InChI=1S/C8H4N4O2/c9-1-5-2-10-8-11-3-6(7(13)14)12(8)4-5/h2-4H,(H,13,14). The Kier molecular flexibility index (Phi) is 1.65. The van der Waals surface area contributed by atoms with E-state index in [4.69, 9.17) is 10.4 Å². The third-order valence-electron chi connectivity index (χ3n) is 1.71. The molecule has 2 rings (SSSR count). The first-order valence-corrected chi connectivity index (χ1v) is 3.69. The fourth-order valence-electron chi connectivity index (χ4n) is 1.09. The molecule has 1 N–H and O–H groups in total. The molecule has 0 fully saturated rings. The van der Waals surface area contributed by atoms with Gasteiger partial charge in [-0.15, -0.1) is 0 Å². The van der Waals surface area contributed by atoms with Crippen LogP contribution >= 0.6 is 0 Å². The predicted octanol–water partition coefficient (Wildman–Crippen LogP) is 0.299. The van der Waals surface area contributed by atoms with Gasteiger partial charge in [-0.25, -0.2) is 14.8 Å². The van der Waals surface area contributed by atoms with E-state index in [1.54, 1.807) is 0 Å². The molecular weight excluding hydrogens is 184 g/mol. The van der Waals surface area contributed by atoms with Crippen molar-refractivity contribution in [1.29, 1.82) is 5.26 Å². The Balaban J connectivity index is 2.77. The molecule has 2 aromatic heterocycles. The van der Waals surface area contributed by atoms with Crippen molar-refractivity contribution in [2.75, 3.05) is 0 Å². The van der Waals surface area contributed by atoms with Gasteiger partial charge in [0.05, 0.1) is 18.0 Å². The van der Waals surface area contributed by atoms with Crippen LogP contribution < -0.4 is 0 Å². The summed E-state index contributed by atoms with van der Waals surface area (Å²) in [6.07, 6.45) is 3.93. The van der Waals surface area contributed by atoms with Crippen LogP contribution in [-0.4, -0.2) is 25.4 Å². The van der Waals surface area contributed by atoms with Crippen molar-refractivity contribution in [2.45, 2.75) is 0 Å². The number of hydrogen-bond donors (Lipinski definition) is 1. The normalized spacial score (nSPS) is 9.93. The maximum absolute atomic E-state index is 10.7. The third-order valence-corrected chi connectivity index (χ3v) is 1.71. The molecule has 6 nitrogen and oxygen atoms in total. The number of rotatable bonds is 1. The van der Waals surface area contributed by atoms with Crippen molar-refractivity contribution >= 4 is 11.7 Å². The van der Waals surface area contributed by atoms with Crippen LogP contribution in [0.5, 0.6) is 0 Å². The lowest BCUT2D eigenvalue weighted by atomic mass is 10.4. The summed E-state index contributed by atoms with van der Waals surface area (Å²) in [7, 11) is 0. The Morgan fingerprint density at radius 2 is 2.21 bits per heavy atom. The van der Waals surface area contributed by atoms with Crippen LogP contribution in [0.3, 0.4) is 0 Å². The molecule has 0 aliphatic carbocycles. The molecule has 2 aromatic rings. The summed E-state index contributed by atoms with van der Waals surface area (Å²) in [5.74, 6) is -0.837. The molecule has 0 aromatic carbocycles. The second-order valence-corrected chi connectivity index (χ2v) is 2.57. The van der Waals surface area contributed by atoms with Crippen LogP contribution in [0.4, 0.5) is 0 Å². The van der Waals surface area contributed by atoms with E-state index in [9.17, 15) is 4.79 Å². The van der Waals surface area contributed by atoms with Crippen LogP contribution in [-0.2, 0) is 0 Å². The van der Waals surface area contributed by atoms with Gasteiger partial charge in [0, 0.05) is 6.20 Å². The largest absolute Gasteiger partial charge is 0.477 e. The summed E-state index contributed by atoms with van der Waals surface area (Å²) in [5.41, 5.74) is 0.280. The van der Waals surface area contributed by atoms with Gasteiger partial charge in [0.2, 0.25) is 5.78 Å². The molecule has 0 saturated carbocycles. The van der Waals surface area contributed by atoms with Gasteiger partial charge in [0.25, 0.3) is 0 Å². The zero-order valence-electron chi connectivity index (χ0n) is 6.88. The van der Waals surface area contributed by atoms with E-state index in [0.29, 0.717) is 0 Å². The van der Waals surface area contributed by atoms with Gasteiger partial charge in [0.1, 0.15) is 6.07 Å². The summed E-state index contributed by atoms with van der Waals surface area (Å²) in [5, 5.41) is 17.4. The molecule has 0 spiro atoms. The van der Waals surface area contributed by atoms with Crippen molar-refractivity contribution < 1.29 is 9.90 Å². The Hall–Kier alpha value is -2.42. The fraction of sp³-hybridized carbons (Fsp3) is 0. The Morgan fingerprint density at radius 1 is 1.50 bits per heavy atom. The minimum atomic E-state index is -1.10. The van der Waals surface area contributed by atoms with E-state index >= 15 is 0 Å². The molecule has 0 amide bonds. The van der Waals surface area contributed by atoms with Crippen LogP contribution in [0.25, 0.3) is 5.78 Å². The fourth-order valence-corrected chi connectivity index (χ4v) is 1.09. The van der Waals surface area contributed by atoms with Gasteiger partial charge < -0.3 is 5.11 Å². The third kappa shape index (κ3) is 1.08. The lowest BCUT2D eigenvalue weighted by Crippen LogP contribution is -2.02. The van der Waals surface area contributed by atoms with Crippen LogP contribution in [0.15, 0.2) is 18.6 Å². The summed E-state index contributed by atoms with van der Waals surface area (Å²) >= 11 is 0. The smallest absolute Gasteiger partial charge is 0.354 e. The molecule has 0 unspecified atom stereocenters. The van der Waals surface area contributed by atoms with E-state index in [1.807, 2.05) is 6.07 Å². The number of nitrogens with zero attached hydrogens (tertiary/aromatic N) is 4. The average molecular weight is 188 g/mol. The highest BCUT2D eigenvalue weighted by molar-refractivity contribution is 5.86. The zero-order chi connectivity index (χ0) is 10.1. The second kappa shape index (κ2) is 2.81. The highest BCUT2D eigenvalue weighted by Crippen LogP contribution is 2.05. The van der Waals surface area contributed by atoms with Gasteiger partial charge in [-0.1, -0.05) is 0 Å². The van der Waals surface area contributed by atoms with Crippen molar-refractivity contribution in [2.24, 2.45) is 0 Å². The van der Waals surface area contributed by atoms with Crippen molar-refractivity contribution in [1.82, 2.24) is 14.4 Å². The van der Waals surface area contributed by atoms with Crippen molar-refractivity contribution in [3.63, 3.8) is 0 Å². The molecule has 6 heteroatoms.